The van der Waals surface area contributed by atoms with E-state index < -0.39 is 10.8 Å². The van der Waals surface area contributed by atoms with Gasteiger partial charge in [-0.15, -0.1) is 0 Å². The molecule has 1 unspecified atom stereocenters. The maximum Gasteiger partial charge on any atom is 0.178 e. The van der Waals surface area contributed by atoms with Gasteiger partial charge in [-0.3, -0.25) is 9.59 Å². The lowest BCUT2D eigenvalue weighted by Gasteiger charge is -2.50. The second kappa shape index (κ2) is 4.30. The van der Waals surface area contributed by atoms with Crippen LogP contribution in [0.1, 0.15) is 47.0 Å². The van der Waals surface area contributed by atoms with Crippen molar-refractivity contribution in [3.63, 3.8) is 0 Å². The Kier molecular flexibility index (Phi) is 3.16. The van der Waals surface area contributed by atoms with Crippen LogP contribution in [-0.4, -0.2) is 11.6 Å². The van der Waals surface area contributed by atoms with Crippen LogP contribution in [0.15, 0.2) is 11.6 Å². The second-order valence-corrected chi connectivity index (χ2v) is 6.69. The topological polar surface area (TPSA) is 57.9 Å². The Morgan fingerprint density at radius 1 is 1.37 bits per heavy atom. The van der Waals surface area contributed by atoms with Gasteiger partial charge in [0.05, 0.1) is 5.57 Å². The Morgan fingerprint density at radius 3 is 2.53 bits per heavy atom. The normalized spacial score (nSPS) is 37.3. The largest absolute Gasteiger partial charge is 0.299 e. The van der Waals surface area contributed by atoms with E-state index in [9.17, 15) is 9.59 Å². The fourth-order valence-corrected chi connectivity index (χ4v) is 3.83. The molecule has 2 aliphatic rings. The minimum atomic E-state index is -0.645. The van der Waals surface area contributed by atoms with Crippen LogP contribution in [0.4, 0.5) is 0 Å². The summed E-state index contributed by atoms with van der Waals surface area (Å²) in [5, 5.41) is 9.13. The Bertz CT molecular complexity index is 509. The van der Waals surface area contributed by atoms with Crippen LogP contribution in [0.5, 0.6) is 0 Å². The number of fused-ring (bicyclic) bond motifs is 1. The van der Waals surface area contributed by atoms with Crippen molar-refractivity contribution in [2.45, 2.75) is 47.0 Å². The third kappa shape index (κ3) is 1.85. The van der Waals surface area contributed by atoms with E-state index in [-0.39, 0.29) is 23.1 Å². The molecule has 0 radical (unpaired) electrons. The van der Waals surface area contributed by atoms with Gasteiger partial charge in [0, 0.05) is 17.3 Å². The van der Waals surface area contributed by atoms with E-state index in [1.165, 1.54) is 0 Å². The molecule has 19 heavy (non-hydrogen) atoms. The van der Waals surface area contributed by atoms with Gasteiger partial charge in [-0.25, -0.2) is 0 Å². The van der Waals surface area contributed by atoms with Crippen LogP contribution in [0.2, 0.25) is 0 Å². The smallest absolute Gasteiger partial charge is 0.178 e. The monoisotopic (exact) mass is 259 g/mol. The van der Waals surface area contributed by atoms with Gasteiger partial charge in [-0.05, 0) is 31.3 Å². The Labute approximate surface area is 114 Å². The van der Waals surface area contributed by atoms with Crippen molar-refractivity contribution in [1.29, 1.82) is 5.26 Å². The zero-order chi connectivity index (χ0) is 14.4. The molecule has 1 fully saturated rings. The van der Waals surface area contributed by atoms with E-state index in [1.807, 2.05) is 26.8 Å². The number of nitriles is 1. The number of nitrogens with zero attached hydrogens (tertiary/aromatic N) is 1. The maximum atomic E-state index is 12.5. The van der Waals surface area contributed by atoms with Crippen LogP contribution in [0.3, 0.4) is 0 Å². The maximum absolute atomic E-state index is 12.5. The van der Waals surface area contributed by atoms with Gasteiger partial charge in [0.15, 0.2) is 5.78 Å². The first-order valence-corrected chi connectivity index (χ1v) is 6.98. The zero-order valence-corrected chi connectivity index (χ0v) is 12.1. The molecule has 1 saturated carbocycles. The van der Waals surface area contributed by atoms with Crippen LogP contribution in [0, 0.1) is 34.0 Å². The van der Waals surface area contributed by atoms with Gasteiger partial charge in [0.2, 0.25) is 0 Å². The molecule has 3 nitrogen and oxygen atoms in total. The van der Waals surface area contributed by atoms with E-state index in [0.29, 0.717) is 12.3 Å². The quantitative estimate of drug-likeness (QED) is 0.727. The van der Waals surface area contributed by atoms with Crippen LogP contribution >= 0.6 is 0 Å². The Morgan fingerprint density at radius 2 is 2.00 bits per heavy atom. The van der Waals surface area contributed by atoms with Crippen molar-refractivity contribution in [2.75, 3.05) is 0 Å². The fraction of sp³-hybridized carbons (Fsp3) is 0.688. The van der Waals surface area contributed by atoms with Crippen molar-refractivity contribution >= 4 is 11.6 Å². The van der Waals surface area contributed by atoms with E-state index in [2.05, 4.69) is 6.92 Å². The van der Waals surface area contributed by atoms with Crippen molar-refractivity contribution in [2.24, 2.45) is 22.7 Å². The summed E-state index contributed by atoms with van der Waals surface area (Å²) >= 11 is 0. The van der Waals surface area contributed by atoms with Crippen molar-refractivity contribution in [3.05, 3.63) is 11.6 Å². The highest BCUT2D eigenvalue weighted by Crippen LogP contribution is 2.55. The summed E-state index contributed by atoms with van der Waals surface area (Å²) in [4.78, 5) is 24.9. The summed E-state index contributed by atoms with van der Waals surface area (Å²) in [6.07, 6.45) is 4.08. The molecule has 3 heteroatoms. The average Bonchev–Trinajstić information content (AvgIpc) is 2.36. The van der Waals surface area contributed by atoms with Gasteiger partial charge >= 0.3 is 0 Å². The molecule has 2 aliphatic carbocycles. The molecule has 3 atom stereocenters. The first kappa shape index (κ1) is 14.0. The summed E-state index contributed by atoms with van der Waals surface area (Å²) in [6, 6.07) is 1.97. The van der Waals surface area contributed by atoms with E-state index in [1.54, 1.807) is 6.08 Å². The highest BCUT2D eigenvalue weighted by molar-refractivity contribution is 6.06. The van der Waals surface area contributed by atoms with Gasteiger partial charge in [-0.1, -0.05) is 27.2 Å². The van der Waals surface area contributed by atoms with E-state index in [4.69, 9.17) is 5.26 Å². The summed E-state index contributed by atoms with van der Waals surface area (Å²) in [5.41, 5.74) is -1.11. The molecule has 0 bridgehead atoms. The van der Waals surface area contributed by atoms with Gasteiger partial charge in [0.25, 0.3) is 0 Å². The fourth-order valence-electron chi connectivity index (χ4n) is 3.83. The molecule has 0 aliphatic heterocycles. The molecule has 0 N–H and O–H groups in total. The number of carbonyl (C=O) groups is 2. The standard InChI is InChI=1S/C16H21NO2/c1-5-10-6-12-15(2,3)14(19)11(9-17)8-16(12,4)13(18)7-10/h8,10,12H,5-7H2,1-4H3/t10-,12?,16+/m1/s1. The number of Topliss-reactive ketones (excluding diaryl/α,β-unsaturated/α-hetero) is 2. The number of hydrogen-bond acceptors (Lipinski definition) is 3. The van der Waals surface area contributed by atoms with Crippen molar-refractivity contribution < 1.29 is 9.59 Å². The number of allylic oxidation sites excluding steroid dienone is 2. The summed E-state index contributed by atoms with van der Waals surface area (Å²) < 4.78 is 0. The van der Waals surface area contributed by atoms with Crippen LogP contribution < -0.4 is 0 Å². The zero-order valence-electron chi connectivity index (χ0n) is 12.1. The molecular weight excluding hydrogens is 238 g/mol. The van der Waals surface area contributed by atoms with E-state index >= 15 is 0 Å². The van der Waals surface area contributed by atoms with E-state index in [0.717, 1.165) is 12.8 Å². The molecule has 0 amide bonds. The van der Waals surface area contributed by atoms with Crippen molar-refractivity contribution in [3.8, 4) is 6.07 Å². The highest BCUT2D eigenvalue weighted by Gasteiger charge is 2.56. The van der Waals surface area contributed by atoms with Gasteiger partial charge < -0.3 is 0 Å². The minimum Gasteiger partial charge on any atom is -0.299 e. The van der Waals surface area contributed by atoms with Crippen molar-refractivity contribution in [1.82, 2.24) is 0 Å². The van der Waals surface area contributed by atoms with Crippen LogP contribution in [-0.2, 0) is 9.59 Å². The molecule has 0 aromatic rings. The summed E-state index contributed by atoms with van der Waals surface area (Å²) in [6.45, 7) is 7.76. The predicted molar refractivity (Wildman–Crippen MR) is 72.1 cm³/mol. The molecule has 0 aromatic carbocycles. The molecule has 102 valence electrons. The molecule has 2 rings (SSSR count). The highest BCUT2D eigenvalue weighted by atomic mass is 16.1. The predicted octanol–water partition coefficient (Wildman–Crippen LogP) is 3.06. The third-order valence-corrected chi connectivity index (χ3v) is 5.21. The number of rotatable bonds is 1. The Balaban J connectivity index is 2.57. The lowest BCUT2D eigenvalue weighted by atomic mass is 9.50. The Hall–Kier alpha value is -1.43. The lowest BCUT2D eigenvalue weighted by Crippen LogP contribution is -2.53. The first-order valence-electron chi connectivity index (χ1n) is 6.98. The first-order chi connectivity index (χ1) is 8.77. The summed E-state index contributed by atoms with van der Waals surface area (Å²) in [5.74, 6) is 0.455. The third-order valence-electron chi connectivity index (χ3n) is 5.21. The molecule has 0 spiro atoms. The number of carbonyl (C=O) groups excluding carboxylic acids is 2. The molecule has 0 saturated heterocycles. The second-order valence-electron chi connectivity index (χ2n) is 6.69. The minimum absolute atomic E-state index is 0.01000. The van der Waals surface area contributed by atoms with Gasteiger partial charge in [-0.2, -0.15) is 5.26 Å². The number of hydrogen-bond donors (Lipinski definition) is 0. The SMILES string of the molecule is CC[C@H]1CC(=O)[C@@]2(C)C=C(C#N)C(=O)C(C)(C)C2C1. The molecular formula is C16H21NO2. The summed E-state index contributed by atoms with van der Waals surface area (Å²) in [7, 11) is 0. The van der Waals surface area contributed by atoms with Gasteiger partial charge in [0.1, 0.15) is 11.9 Å². The molecule has 0 aromatic heterocycles. The number of ketones is 2. The van der Waals surface area contributed by atoms with Crippen LogP contribution in [0.25, 0.3) is 0 Å². The average molecular weight is 259 g/mol. The lowest BCUT2D eigenvalue weighted by molar-refractivity contribution is -0.143. The molecule has 0 heterocycles.